The SMILES string of the molecule is COc1cccc([C@@H]2C[C@@H](O)CN2Cc2cnc3c(C)cccn23)c1. The monoisotopic (exact) mass is 337 g/mol. The van der Waals surface area contributed by atoms with Crippen LogP contribution in [0.5, 0.6) is 5.75 Å². The number of nitrogens with zero attached hydrogens (tertiary/aromatic N) is 3. The number of pyridine rings is 1. The van der Waals surface area contributed by atoms with E-state index >= 15 is 0 Å². The minimum Gasteiger partial charge on any atom is -0.497 e. The third-order valence-electron chi connectivity index (χ3n) is 5.03. The van der Waals surface area contributed by atoms with Crippen molar-refractivity contribution in [2.45, 2.75) is 32.0 Å². The summed E-state index contributed by atoms with van der Waals surface area (Å²) >= 11 is 0. The summed E-state index contributed by atoms with van der Waals surface area (Å²) in [6, 6.07) is 12.4. The Morgan fingerprint density at radius 1 is 1.28 bits per heavy atom. The molecule has 4 rings (SSSR count). The van der Waals surface area contributed by atoms with Crippen molar-refractivity contribution in [3.63, 3.8) is 0 Å². The molecule has 1 fully saturated rings. The number of methoxy groups -OCH3 is 1. The molecule has 0 radical (unpaired) electrons. The van der Waals surface area contributed by atoms with Crippen LogP contribution in [-0.4, -0.2) is 39.1 Å². The lowest BCUT2D eigenvalue weighted by atomic mass is 10.0. The second kappa shape index (κ2) is 6.50. The molecular weight excluding hydrogens is 314 g/mol. The van der Waals surface area contributed by atoms with E-state index in [4.69, 9.17) is 4.74 Å². The fourth-order valence-electron chi connectivity index (χ4n) is 3.78. The maximum Gasteiger partial charge on any atom is 0.139 e. The van der Waals surface area contributed by atoms with E-state index < -0.39 is 0 Å². The minimum atomic E-state index is -0.308. The number of aryl methyl sites for hydroxylation is 1. The highest BCUT2D eigenvalue weighted by Crippen LogP contribution is 2.34. The molecule has 1 saturated heterocycles. The average molecular weight is 337 g/mol. The summed E-state index contributed by atoms with van der Waals surface area (Å²) in [4.78, 5) is 6.88. The Balaban J connectivity index is 1.64. The topological polar surface area (TPSA) is 50.0 Å². The lowest BCUT2D eigenvalue weighted by molar-refractivity contribution is 0.172. The average Bonchev–Trinajstić information content (AvgIpc) is 3.20. The normalized spacial score (nSPS) is 21.1. The lowest BCUT2D eigenvalue weighted by Crippen LogP contribution is -2.25. The van der Waals surface area contributed by atoms with Crippen LogP contribution >= 0.6 is 0 Å². The van der Waals surface area contributed by atoms with Crippen LogP contribution in [0.4, 0.5) is 0 Å². The molecule has 5 heteroatoms. The van der Waals surface area contributed by atoms with Gasteiger partial charge in [-0.2, -0.15) is 0 Å². The van der Waals surface area contributed by atoms with Crippen molar-refractivity contribution in [1.29, 1.82) is 0 Å². The van der Waals surface area contributed by atoms with Crippen LogP contribution in [0.2, 0.25) is 0 Å². The van der Waals surface area contributed by atoms with Crippen LogP contribution in [0.25, 0.3) is 5.65 Å². The maximum absolute atomic E-state index is 10.2. The molecule has 0 saturated carbocycles. The summed E-state index contributed by atoms with van der Waals surface area (Å²) in [5.41, 5.74) is 4.48. The van der Waals surface area contributed by atoms with Crippen LogP contribution in [0.3, 0.4) is 0 Å². The molecule has 1 N–H and O–H groups in total. The molecule has 1 aliphatic heterocycles. The van der Waals surface area contributed by atoms with E-state index in [0.717, 1.165) is 30.1 Å². The Bertz CT molecular complexity index is 890. The molecule has 3 aromatic rings. The van der Waals surface area contributed by atoms with Crippen molar-refractivity contribution in [1.82, 2.24) is 14.3 Å². The molecular formula is C20H23N3O2. The fourth-order valence-corrected chi connectivity index (χ4v) is 3.78. The number of aliphatic hydroxyl groups is 1. The highest BCUT2D eigenvalue weighted by molar-refractivity contribution is 5.48. The minimum absolute atomic E-state index is 0.181. The molecule has 0 aliphatic carbocycles. The highest BCUT2D eigenvalue weighted by Gasteiger charge is 2.32. The van der Waals surface area contributed by atoms with Gasteiger partial charge in [0.25, 0.3) is 0 Å². The molecule has 2 aromatic heterocycles. The third kappa shape index (κ3) is 3.01. The van der Waals surface area contributed by atoms with Gasteiger partial charge in [-0.3, -0.25) is 4.90 Å². The number of aliphatic hydroxyl groups excluding tert-OH is 1. The molecule has 130 valence electrons. The van der Waals surface area contributed by atoms with Crippen LogP contribution in [0.1, 0.15) is 29.3 Å². The van der Waals surface area contributed by atoms with Crippen LogP contribution in [0, 0.1) is 6.92 Å². The van der Waals surface area contributed by atoms with Crippen LogP contribution < -0.4 is 4.74 Å². The van der Waals surface area contributed by atoms with E-state index in [0.29, 0.717) is 6.54 Å². The van der Waals surface area contributed by atoms with Gasteiger partial charge in [-0.25, -0.2) is 4.98 Å². The van der Waals surface area contributed by atoms with E-state index in [9.17, 15) is 5.11 Å². The van der Waals surface area contributed by atoms with E-state index in [1.54, 1.807) is 7.11 Å². The van der Waals surface area contributed by atoms with Gasteiger partial charge in [0, 0.05) is 25.3 Å². The molecule has 25 heavy (non-hydrogen) atoms. The number of aromatic nitrogens is 2. The summed E-state index contributed by atoms with van der Waals surface area (Å²) in [7, 11) is 1.68. The quantitative estimate of drug-likeness (QED) is 0.795. The zero-order valence-corrected chi connectivity index (χ0v) is 14.6. The summed E-state index contributed by atoms with van der Waals surface area (Å²) in [6.45, 7) is 3.50. The predicted molar refractivity (Wildman–Crippen MR) is 96.7 cm³/mol. The number of benzene rings is 1. The largest absolute Gasteiger partial charge is 0.497 e. The molecule has 1 aromatic carbocycles. The van der Waals surface area contributed by atoms with E-state index in [2.05, 4.69) is 45.6 Å². The van der Waals surface area contributed by atoms with Gasteiger partial charge in [0.2, 0.25) is 0 Å². The summed E-state index contributed by atoms with van der Waals surface area (Å²) in [5.74, 6) is 0.851. The Morgan fingerprint density at radius 3 is 3.00 bits per heavy atom. The number of rotatable bonds is 4. The molecule has 5 nitrogen and oxygen atoms in total. The first-order chi connectivity index (χ1) is 12.2. The summed E-state index contributed by atoms with van der Waals surface area (Å²) < 4.78 is 7.50. The van der Waals surface area contributed by atoms with Crippen molar-refractivity contribution in [3.05, 3.63) is 65.6 Å². The number of ether oxygens (including phenoxy) is 1. The van der Waals surface area contributed by atoms with Crippen molar-refractivity contribution >= 4 is 5.65 Å². The molecule has 0 amide bonds. The van der Waals surface area contributed by atoms with Crippen LogP contribution in [-0.2, 0) is 6.54 Å². The van der Waals surface area contributed by atoms with Gasteiger partial charge in [0.1, 0.15) is 11.4 Å². The molecule has 3 heterocycles. The number of fused-ring (bicyclic) bond motifs is 1. The van der Waals surface area contributed by atoms with Gasteiger partial charge < -0.3 is 14.2 Å². The van der Waals surface area contributed by atoms with Gasteiger partial charge >= 0.3 is 0 Å². The fraction of sp³-hybridized carbons (Fsp3) is 0.350. The van der Waals surface area contributed by atoms with Gasteiger partial charge in [-0.1, -0.05) is 18.2 Å². The number of β-amino-alcohol motifs (C(OH)–C–C–N with tert-alkyl or cyclic N) is 1. The molecule has 2 atom stereocenters. The Kier molecular flexibility index (Phi) is 4.19. The standard InChI is InChI=1S/C20H23N3O2/c1-14-5-4-8-23-16(11-21-20(14)23)12-22-13-17(24)10-19(22)15-6-3-7-18(9-15)25-2/h3-9,11,17,19,24H,10,12-13H2,1-2H3/t17-,19+/m1/s1. The first-order valence-corrected chi connectivity index (χ1v) is 8.63. The molecule has 0 spiro atoms. The van der Waals surface area contributed by atoms with Gasteiger partial charge in [-0.15, -0.1) is 0 Å². The van der Waals surface area contributed by atoms with E-state index in [1.807, 2.05) is 24.4 Å². The first-order valence-electron chi connectivity index (χ1n) is 8.63. The molecule has 0 unspecified atom stereocenters. The van der Waals surface area contributed by atoms with Gasteiger partial charge in [-0.05, 0) is 42.7 Å². The smallest absolute Gasteiger partial charge is 0.139 e. The van der Waals surface area contributed by atoms with Gasteiger partial charge in [0.15, 0.2) is 0 Å². The number of hydrogen-bond donors (Lipinski definition) is 1. The number of hydrogen-bond acceptors (Lipinski definition) is 4. The summed E-state index contributed by atoms with van der Waals surface area (Å²) in [6.07, 6.45) is 4.42. The van der Waals surface area contributed by atoms with E-state index in [-0.39, 0.29) is 12.1 Å². The van der Waals surface area contributed by atoms with E-state index in [1.165, 1.54) is 11.1 Å². The zero-order chi connectivity index (χ0) is 17.4. The molecule has 1 aliphatic rings. The van der Waals surface area contributed by atoms with Crippen molar-refractivity contribution in [3.8, 4) is 5.75 Å². The number of imidazole rings is 1. The molecule has 0 bridgehead atoms. The van der Waals surface area contributed by atoms with Crippen molar-refractivity contribution in [2.75, 3.05) is 13.7 Å². The lowest BCUT2D eigenvalue weighted by Gasteiger charge is -2.24. The zero-order valence-electron chi connectivity index (χ0n) is 14.6. The first kappa shape index (κ1) is 16.1. The third-order valence-corrected chi connectivity index (χ3v) is 5.03. The highest BCUT2D eigenvalue weighted by atomic mass is 16.5. The van der Waals surface area contributed by atoms with Crippen molar-refractivity contribution < 1.29 is 9.84 Å². The summed E-state index contributed by atoms with van der Waals surface area (Å²) in [5, 5.41) is 10.2. The second-order valence-corrected chi connectivity index (χ2v) is 6.75. The van der Waals surface area contributed by atoms with Gasteiger partial charge in [0.05, 0.1) is 25.1 Å². The Labute approximate surface area is 147 Å². The Morgan fingerprint density at radius 2 is 2.16 bits per heavy atom. The van der Waals surface area contributed by atoms with Crippen molar-refractivity contribution in [2.24, 2.45) is 0 Å². The second-order valence-electron chi connectivity index (χ2n) is 6.75. The predicted octanol–water partition coefficient (Wildman–Crippen LogP) is 2.96. The van der Waals surface area contributed by atoms with Crippen LogP contribution in [0.15, 0.2) is 48.8 Å². The Hall–Kier alpha value is -2.37. The maximum atomic E-state index is 10.2. The number of likely N-dealkylation sites (tertiary alicyclic amines) is 1.